The smallest absolute Gasteiger partial charge is 0.411 e. The van der Waals surface area contributed by atoms with Crippen molar-refractivity contribution in [2.75, 3.05) is 25.1 Å². The molecule has 0 unspecified atom stereocenters. The van der Waals surface area contributed by atoms with E-state index < -0.39 is 18.4 Å². The molecule has 0 N–H and O–H groups in total. The first-order chi connectivity index (χ1) is 16.8. The molecular formula is C25H25ClFN5O3. The molecule has 0 saturated carbocycles. The molecule has 8 nitrogen and oxygen atoms in total. The maximum Gasteiger partial charge on any atom is 0.411 e. The van der Waals surface area contributed by atoms with Crippen LogP contribution in [-0.2, 0) is 11.3 Å². The molecule has 0 spiro atoms. The molecule has 4 heterocycles. The molecule has 5 rings (SSSR count). The summed E-state index contributed by atoms with van der Waals surface area (Å²) in [7, 11) is 1.52. The Labute approximate surface area is 207 Å². The lowest BCUT2D eigenvalue weighted by atomic mass is 10.0. The Morgan fingerprint density at radius 3 is 2.71 bits per heavy atom. The summed E-state index contributed by atoms with van der Waals surface area (Å²) in [5.74, 6) is 0.761. The van der Waals surface area contributed by atoms with Crippen LogP contribution in [0.1, 0.15) is 29.8 Å². The average Bonchev–Trinajstić information content (AvgIpc) is 3.10. The Hall–Kier alpha value is -3.46. The number of rotatable bonds is 6. The molecule has 0 aliphatic carbocycles. The molecule has 1 aromatic carbocycles. The van der Waals surface area contributed by atoms with E-state index in [1.807, 2.05) is 38.1 Å². The fourth-order valence-electron chi connectivity index (χ4n) is 4.44. The molecule has 2 aliphatic heterocycles. The van der Waals surface area contributed by atoms with Crippen molar-refractivity contribution in [3.8, 4) is 17.0 Å². The van der Waals surface area contributed by atoms with Crippen molar-refractivity contribution < 1.29 is 18.7 Å². The van der Waals surface area contributed by atoms with E-state index >= 15 is 0 Å². The first-order valence-corrected chi connectivity index (χ1v) is 11.7. The van der Waals surface area contributed by atoms with Crippen LogP contribution in [-0.4, -0.2) is 58.4 Å². The molecule has 2 aliphatic rings. The van der Waals surface area contributed by atoms with Gasteiger partial charge in [0.1, 0.15) is 12.3 Å². The van der Waals surface area contributed by atoms with Gasteiger partial charge in [0.05, 0.1) is 43.5 Å². The number of cyclic esters (lactones) is 1. The molecule has 3 aromatic rings. The molecule has 1 amide bonds. The van der Waals surface area contributed by atoms with Crippen molar-refractivity contribution in [2.24, 2.45) is 0 Å². The number of nitrogens with zero attached hydrogens (tertiary/aromatic N) is 5. The highest BCUT2D eigenvalue weighted by atomic mass is 35.5. The van der Waals surface area contributed by atoms with Crippen molar-refractivity contribution in [3.05, 3.63) is 64.6 Å². The largest absolute Gasteiger partial charge is 0.481 e. The normalized spacial score (nSPS) is 20.1. The van der Waals surface area contributed by atoms with Gasteiger partial charge in [0.25, 0.3) is 0 Å². The minimum atomic E-state index is -0.900. The van der Waals surface area contributed by atoms with Gasteiger partial charge in [0, 0.05) is 23.5 Å². The van der Waals surface area contributed by atoms with Gasteiger partial charge in [-0.2, -0.15) is 0 Å². The number of alkyl halides is 1. The van der Waals surface area contributed by atoms with Crippen LogP contribution < -0.4 is 9.64 Å². The first-order valence-electron chi connectivity index (χ1n) is 11.3. The van der Waals surface area contributed by atoms with Crippen molar-refractivity contribution in [2.45, 2.75) is 38.7 Å². The highest BCUT2D eigenvalue weighted by Gasteiger charge is 2.40. The molecule has 0 bridgehead atoms. The number of ether oxygens (including phenoxy) is 2. The van der Waals surface area contributed by atoms with E-state index in [-0.39, 0.29) is 25.7 Å². The number of pyridine rings is 1. The second-order valence-corrected chi connectivity index (χ2v) is 9.27. The lowest BCUT2D eigenvalue weighted by Crippen LogP contribution is -2.49. The third-order valence-corrected chi connectivity index (χ3v) is 6.57. The molecule has 10 heteroatoms. The highest BCUT2D eigenvalue weighted by molar-refractivity contribution is 6.30. The summed E-state index contributed by atoms with van der Waals surface area (Å²) >= 11 is 6.23. The summed E-state index contributed by atoms with van der Waals surface area (Å²) < 4.78 is 24.7. The lowest BCUT2D eigenvalue weighted by molar-refractivity contribution is 0.130. The Balaban J connectivity index is 1.52. The minimum absolute atomic E-state index is 0.162. The number of halogens is 2. The molecule has 0 radical (unpaired) electrons. The molecular weight excluding hydrogens is 473 g/mol. The van der Waals surface area contributed by atoms with Gasteiger partial charge in [0.2, 0.25) is 11.8 Å². The molecule has 2 fully saturated rings. The molecule has 182 valence electrons. The van der Waals surface area contributed by atoms with E-state index in [2.05, 4.69) is 9.97 Å². The van der Waals surface area contributed by atoms with E-state index in [0.717, 1.165) is 11.1 Å². The van der Waals surface area contributed by atoms with E-state index in [9.17, 15) is 9.18 Å². The average molecular weight is 498 g/mol. The second-order valence-electron chi connectivity index (χ2n) is 8.83. The number of hydrogen-bond acceptors (Lipinski definition) is 7. The number of methoxy groups -OCH3 is 1. The summed E-state index contributed by atoms with van der Waals surface area (Å²) in [5.41, 5.74) is 3.81. The van der Waals surface area contributed by atoms with Gasteiger partial charge in [-0.05, 0) is 25.5 Å². The fraction of sp³-hybridized carbons (Fsp3) is 0.360. The standard InChI is InChI=1S/C25H25ClFN5O3/c1-14-5-4-6-16(7-14)22-15(2)32(25(33)35-22)13-21-20(19-8-17(26)9-28-23(19)34-3)10-29-24(30-21)31-11-18(27)12-31/h4-10,15,18,22H,11-13H2,1-3H3/t15-,22-/m0/s1. The van der Waals surface area contributed by atoms with Gasteiger partial charge in [-0.25, -0.2) is 24.1 Å². The first kappa shape index (κ1) is 23.3. The third-order valence-electron chi connectivity index (χ3n) is 6.36. The monoisotopic (exact) mass is 497 g/mol. The number of amides is 1. The summed E-state index contributed by atoms with van der Waals surface area (Å²) in [5, 5.41) is 0.423. The fourth-order valence-corrected chi connectivity index (χ4v) is 4.60. The Morgan fingerprint density at radius 1 is 1.20 bits per heavy atom. The predicted molar refractivity (Wildman–Crippen MR) is 129 cm³/mol. The van der Waals surface area contributed by atoms with Crippen molar-refractivity contribution in [1.82, 2.24) is 19.9 Å². The van der Waals surface area contributed by atoms with Gasteiger partial charge in [0.15, 0.2) is 0 Å². The van der Waals surface area contributed by atoms with Gasteiger partial charge in [-0.1, -0.05) is 41.4 Å². The number of aromatic nitrogens is 3. The zero-order valence-corrected chi connectivity index (χ0v) is 20.4. The number of hydrogen-bond donors (Lipinski definition) is 0. The van der Waals surface area contributed by atoms with Crippen LogP contribution in [0.15, 0.2) is 42.7 Å². The van der Waals surface area contributed by atoms with Crippen LogP contribution >= 0.6 is 11.6 Å². The van der Waals surface area contributed by atoms with Crippen LogP contribution in [0.2, 0.25) is 5.02 Å². The SMILES string of the molecule is COc1ncc(Cl)cc1-c1cnc(N2CC(F)C2)nc1CN1C(=O)O[C@H](c2cccc(C)c2)[C@@H]1C. The van der Waals surface area contributed by atoms with E-state index in [1.54, 1.807) is 22.1 Å². The summed E-state index contributed by atoms with van der Waals surface area (Å²) in [6.07, 6.45) is 1.40. The van der Waals surface area contributed by atoms with E-state index in [1.165, 1.54) is 13.3 Å². The van der Waals surface area contributed by atoms with Crippen LogP contribution in [0.4, 0.5) is 15.1 Å². The maximum absolute atomic E-state index is 13.5. The third kappa shape index (κ3) is 4.48. The number of anilines is 1. The van der Waals surface area contributed by atoms with Crippen molar-refractivity contribution >= 4 is 23.6 Å². The van der Waals surface area contributed by atoms with E-state index in [4.69, 9.17) is 26.1 Å². The molecule has 35 heavy (non-hydrogen) atoms. The summed E-state index contributed by atoms with van der Waals surface area (Å²) in [4.78, 5) is 29.8. The quantitative estimate of drug-likeness (QED) is 0.486. The molecule has 2 aromatic heterocycles. The van der Waals surface area contributed by atoms with E-state index in [0.29, 0.717) is 33.7 Å². The Bertz CT molecular complexity index is 1270. The zero-order valence-electron chi connectivity index (χ0n) is 19.6. The topological polar surface area (TPSA) is 80.7 Å². The minimum Gasteiger partial charge on any atom is -0.481 e. The molecule has 2 atom stereocenters. The van der Waals surface area contributed by atoms with Crippen molar-refractivity contribution in [3.63, 3.8) is 0 Å². The van der Waals surface area contributed by atoms with Gasteiger partial charge in [-0.3, -0.25) is 4.90 Å². The number of aryl methyl sites for hydroxylation is 1. The predicted octanol–water partition coefficient (Wildman–Crippen LogP) is 4.75. The second kappa shape index (κ2) is 9.30. The van der Waals surface area contributed by atoms with Crippen LogP contribution in [0.3, 0.4) is 0 Å². The maximum atomic E-state index is 13.5. The van der Waals surface area contributed by atoms with Gasteiger partial charge < -0.3 is 14.4 Å². The van der Waals surface area contributed by atoms with Crippen LogP contribution in [0.5, 0.6) is 5.88 Å². The number of benzene rings is 1. The number of carbonyl (C=O) groups excluding carboxylic acids is 1. The van der Waals surface area contributed by atoms with Crippen LogP contribution in [0, 0.1) is 6.92 Å². The Kier molecular flexibility index (Phi) is 6.19. The van der Waals surface area contributed by atoms with Crippen LogP contribution in [0.25, 0.3) is 11.1 Å². The summed E-state index contributed by atoms with van der Waals surface area (Å²) in [6, 6.07) is 9.41. The van der Waals surface area contributed by atoms with Crippen molar-refractivity contribution in [1.29, 1.82) is 0 Å². The Morgan fingerprint density at radius 2 is 2.00 bits per heavy atom. The highest BCUT2D eigenvalue weighted by Crippen LogP contribution is 2.37. The number of carbonyl (C=O) groups is 1. The summed E-state index contributed by atoms with van der Waals surface area (Å²) in [6.45, 7) is 4.58. The molecule has 2 saturated heterocycles. The van der Waals surface area contributed by atoms with Gasteiger partial charge >= 0.3 is 6.09 Å². The van der Waals surface area contributed by atoms with Gasteiger partial charge in [-0.15, -0.1) is 0 Å². The zero-order chi connectivity index (χ0) is 24.7. The lowest BCUT2D eigenvalue weighted by Gasteiger charge is -2.34.